The molecule has 4 atom stereocenters. The molecule has 0 spiro atoms. The van der Waals surface area contributed by atoms with Gasteiger partial charge in [0.05, 0.1) is 6.61 Å². The largest absolute Gasteiger partial charge is 0.394 e. The van der Waals surface area contributed by atoms with Crippen LogP contribution in [0.1, 0.15) is 17.5 Å². The SMILES string of the molecule is O=C(NCc1ccc(CNC(=O)[C@H](O)[C@H](O)[C@H](O)[C@H](O)CO)cc1)C1=CC=CC1. The molecule has 1 aliphatic carbocycles. The van der Waals surface area contributed by atoms with E-state index in [0.29, 0.717) is 24.1 Å². The molecule has 0 saturated carbocycles. The Morgan fingerprint density at radius 2 is 1.52 bits per heavy atom. The lowest BCUT2D eigenvalue weighted by atomic mass is 10.0. The smallest absolute Gasteiger partial charge is 0.251 e. The number of allylic oxidation sites excluding steroid dienone is 3. The van der Waals surface area contributed by atoms with Gasteiger partial charge >= 0.3 is 0 Å². The summed E-state index contributed by atoms with van der Waals surface area (Å²) in [4.78, 5) is 23.8. The number of rotatable bonds is 10. The highest BCUT2D eigenvalue weighted by Gasteiger charge is 2.33. The van der Waals surface area contributed by atoms with Gasteiger partial charge in [-0.15, -0.1) is 0 Å². The Balaban J connectivity index is 1.78. The van der Waals surface area contributed by atoms with Crippen LogP contribution < -0.4 is 10.6 Å². The van der Waals surface area contributed by atoms with E-state index < -0.39 is 36.9 Å². The number of aliphatic hydroxyl groups is 5. The minimum Gasteiger partial charge on any atom is -0.394 e. The van der Waals surface area contributed by atoms with Crippen LogP contribution >= 0.6 is 0 Å². The van der Waals surface area contributed by atoms with Crippen LogP contribution in [0.5, 0.6) is 0 Å². The van der Waals surface area contributed by atoms with Crippen molar-refractivity contribution >= 4 is 11.8 Å². The average molecular weight is 406 g/mol. The number of benzene rings is 1. The Kier molecular flexibility index (Phi) is 8.50. The summed E-state index contributed by atoms with van der Waals surface area (Å²) in [6.45, 7) is -0.404. The number of nitrogens with one attached hydrogen (secondary N) is 2. The lowest BCUT2D eigenvalue weighted by Gasteiger charge is -2.24. The van der Waals surface area contributed by atoms with Crippen molar-refractivity contribution in [3.05, 3.63) is 59.2 Å². The molecule has 0 bridgehead atoms. The molecule has 1 aliphatic rings. The van der Waals surface area contributed by atoms with Crippen molar-refractivity contribution in [1.29, 1.82) is 0 Å². The molecule has 2 amide bonds. The third-order valence-electron chi connectivity index (χ3n) is 4.53. The monoisotopic (exact) mass is 406 g/mol. The second-order valence-electron chi connectivity index (χ2n) is 6.72. The fourth-order valence-corrected chi connectivity index (χ4v) is 2.66. The van der Waals surface area contributed by atoms with Gasteiger partial charge in [0.25, 0.3) is 5.91 Å². The van der Waals surface area contributed by atoms with E-state index in [1.54, 1.807) is 30.3 Å². The first-order chi connectivity index (χ1) is 13.8. The van der Waals surface area contributed by atoms with Crippen molar-refractivity contribution in [3.63, 3.8) is 0 Å². The molecule has 9 heteroatoms. The van der Waals surface area contributed by atoms with Crippen LogP contribution in [-0.4, -0.2) is 68.4 Å². The van der Waals surface area contributed by atoms with E-state index in [1.165, 1.54) is 0 Å². The molecule has 0 unspecified atom stereocenters. The lowest BCUT2D eigenvalue weighted by Crippen LogP contribution is -2.51. The van der Waals surface area contributed by atoms with Crippen molar-refractivity contribution in [3.8, 4) is 0 Å². The topological polar surface area (TPSA) is 159 Å². The van der Waals surface area contributed by atoms with Gasteiger partial charge in [-0.05, 0) is 17.5 Å². The molecular weight excluding hydrogens is 380 g/mol. The van der Waals surface area contributed by atoms with Crippen LogP contribution in [0.4, 0.5) is 0 Å². The Morgan fingerprint density at radius 1 is 0.931 bits per heavy atom. The zero-order chi connectivity index (χ0) is 21.4. The summed E-state index contributed by atoms with van der Waals surface area (Å²) in [5.74, 6) is -1.05. The lowest BCUT2D eigenvalue weighted by molar-refractivity contribution is -0.149. The molecule has 2 rings (SSSR count). The van der Waals surface area contributed by atoms with Gasteiger partial charge in [0.15, 0.2) is 6.10 Å². The predicted octanol–water partition coefficient (Wildman–Crippen LogP) is -1.76. The minimum atomic E-state index is -1.97. The Morgan fingerprint density at radius 3 is 2.03 bits per heavy atom. The Labute approximate surface area is 168 Å². The van der Waals surface area contributed by atoms with Crippen LogP contribution in [0.25, 0.3) is 0 Å². The van der Waals surface area contributed by atoms with Gasteiger partial charge in [-0.2, -0.15) is 0 Å². The molecule has 0 aliphatic heterocycles. The van der Waals surface area contributed by atoms with E-state index in [2.05, 4.69) is 10.6 Å². The molecule has 0 radical (unpaired) electrons. The van der Waals surface area contributed by atoms with Crippen LogP contribution in [0.2, 0.25) is 0 Å². The third kappa shape index (κ3) is 6.48. The molecule has 7 N–H and O–H groups in total. The number of aliphatic hydroxyl groups excluding tert-OH is 5. The quantitative estimate of drug-likeness (QED) is 0.242. The fourth-order valence-electron chi connectivity index (χ4n) is 2.66. The summed E-state index contributed by atoms with van der Waals surface area (Å²) in [5, 5.41) is 52.3. The van der Waals surface area contributed by atoms with Gasteiger partial charge in [0.1, 0.15) is 18.3 Å². The van der Waals surface area contributed by atoms with Gasteiger partial charge in [-0.25, -0.2) is 0 Å². The third-order valence-corrected chi connectivity index (χ3v) is 4.53. The van der Waals surface area contributed by atoms with Crippen molar-refractivity contribution in [1.82, 2.24) is 10.6 Å². The molecule has 0 fully saturated rings. The van der Waals surface area contributed by atoms with Crippen molar-refractivity contribution in [2.45, 2.75) is 43.9 Å². The van der Waals surface area contributed by atoms with Gasteiger partial charge in [0, 0.05) is 18.7 Å². The van der Waals surface area contributed by atoms with E-state index in [4.69, 9.17) is 5.11 Å². The van der Waals surface area contributed by atoms with Crippen LogP contribution in [0.15, 0.2) is 48.1 Å². The van der Waals surface area contributed by atoms with Crippen LogP contribution in [-0.2, 0) is 22.7 Å². The van der Waals surface area contributed by atoms with Gasteiger partial charge in [-0.1, -0.05) is 42.5 Å². The van der Waals surface area contributed by atoms with Gasteiger partial charge in [0.2, 0.25) is 5.91 Å². The number of carbonyl (C=O) groups is 2. The van der Waals surface area contributed by atoms with E-state index in [9.17, 15) is 30.0 Å². The molecule has 9 nitrogen and oxygen atoms in total. The minimum absolute atomic E-state index is 0.0620. The summed E-state index contributed by atoms with van der Waals surface area (Å²) in [7, 11) is 0. The van der Waals surface area contributed by atoms with E-state index in [-0.39, 0.29) is 12.5 Å². The zero-order valence-corrected chi connectivity index (χ0v) is 15.7. The highest BCUT2D eigenvalue weighted by atomic mass is 16.4. The maximum atomic E-state index is 11.9. The predicted molar refractivity (Wildman–Crippen MR) is 103 cm³/mol. The van der Waals surface area contributed by atoms with Crippen LogP contribution in [0.3, 0.4) is 0 Å². The molecule has 1 aromatic carbocycles. The maximum Gasteiger partial charge on any atom is 0.251 e. The molecule has 1 aromatic rings. The number of carbonyl (C=O) groups excluding carboxylic acids is 2. The fraction of sp³-hybridized carbons (Fsp3) is 0.400. The standard InChI is InChI=1S/C20H26N2O7/c23-11-15(24)16(25)17(26)18(27)20(29)22-10-13-7-5-12(6-8-13)9-21-19(28)14-3-1-2-4-14/h1-3,5-8,15-18,23-27H,4,9-11H2,(H,21,28)(H,22,29)/t15-,16-,17-,18-/m1/s1. The van der Waals surface area contributed by atoms with E-state index >= 15 is 0 Å². The zero-order valence-electron chi connectivity index (χ0n) is 15.7. The number of hydrogen-bond acceptors (Lipinski definition) is 7. The summed E-state index contributed by atoms with van der Waals surface area (Å²) in [6.07, 6.45) is -1.33. The first-order valence-corrected chi connectivity index (χ1v) is 9.16. The highest BCUT2D eigenvalue weighted by Crippen LogP contribution is 2.11. The maximum absolute atomic E-state index is 11.9. The summed E-state index contributed by atoms with van der Waals surface area (Å²) < 4.78 is 0. The van der Waals surface area contributed by atoms with E-state index in [1.807, 2.05) is 12.2 Å². The summed E-state index contributed by atoms with van der Waals surface area (Å²) in [6, 6.07) is 7.06. The van der Waals surface area contributed by atoms with E-state index in [0.717, 1.165) is 5.56 Å². The molecule has 0 saturated heterocycles. The Hall–Kier alpha value is -2.56. The second-order valence-corrected chi connectivity index (χ2v) is 6.72. The Bertz CT molecular complexity index is 761. The van der Waals surface area contributed by atoms with Gasteiger partial charge in [-0.3, -0.25) is 9.59 Å². The number of hydrogen-bond donors (Lipinski definition) is 7. The molecule has 0 heterocycles. The molecule has 0 aromatic heterocycles. The normalized spacial score (nSPS) is 17.2. The first-order valence-electron chi connectivity index (χ1n) is 9.16. The highest BCUT2D eigenvalue weighted by molar-refractivity contribution is 5.94. The first kappa shape index (κ1) is 22.7. The molecular formula is C20H26N2O7. The van der Waals surface area contributed by atoms with Crippen molar-refractivity contribution in [2.75, 3.05) is 6.61 Å². The van der Waals surface area contributed by atoms with Crippen LogP contribution in [0, 0.1) is 0 Å². The van der Waals surface area contributed by atoms with Crippen molar-refractivity contribution < 1.29 is 35.1 Å². The second kappa shape index (κ2) is 10.8. The molecule has 158 valence electrons. The molecule has 29 heavy (non-hydrogen) atoms. The summed E-state index contributed by atoms with van der Waals surface area (Å²) >= 11 is 0. The number of amides is 2. The van der Waals surface area contributed by atoms with Crippen molar-refractivity contribution in [2.24, 2.45) is 0 Å². The summed E-state index contributed by atoms with van der Waals surface area (Å²) in [5.41, 5.74) is 2.30. The van der Waals surface area contributed by atoms with Gasteiger partial charge < -0.3 is 36.2 Å². The average Bonchev–Trinajstić information content (AvgIpc) is 3.29.